The first kappa shape index (κ1) is 12.3. The molecule has 0 saturated carbocycles. The van der Waals surface area contributed by atoms with Gasteiger partial charge in [0.2, 0.25) is 0 Å². The van der Waals surface area contributed by atoms with Gasteiger partial charge >= 0.3 is 0 Å². The van der Waals surface area contributed by atoms with E-state index in [-0.39, 0.29) is 0 Å². The van der Waals surface area contributed by atoms with Crippen molar-refractivity contribution >= 4 is 32.3 Å². The molecule has 6 rings (SSSR count). The number of hydrogen-bond donors (Lipinski definition) is 0. The smallest absolute Gasteiger partial charge is 0.00134 e. The van der Waals surface area contributed by atoms with Crippen molar-refractivity contribution < 1.29 is 0 Å². The topological polar surface area (TPSA) is 0 Å². The summed E-state index contributed by atoms with van der Waals surface area (Å²) in [6.07, 6.45) is 0. The average Bonchev–Trinajstić information content (AvgIpc) is 2.99. The van der Waals surface area contributed by atoms with E-state index >= 15 is 0 Å². The van der Waals surface area contributed by atoms with Crippen molar-refractivity contribution in [3.05, 3.63) is 84.9 Å². The normalized spacial score (nSPS) is 12.2. The van der Waals surface area contributed by atoms with Crippen LogP contribution in [0.25, 0.3) is 54.6 Å². The predicted molar refractivity (Wildman–Crippen MR) is 102 cm³/mol. The third-order valence-corrected chi connectivity index (χ3v) is 5.30. The van der Waals surface area contributed by atoms with Crippen molar-refractivity contribution in [1.82, 2.24) is 0 Å². The Kier molecular flexibility index (Phi) is 2.18. The van der Waals surface area contributed by atoms with Crippen LogP contribution < -0.4 is 0 Å². The van der Waals surface area contributed by atoms with E-state index in [4.69, 9.17) is 0 Å². The molecule has 0 nitrogen and oxygen atoms in total. The van der Waals surface area contributed by atoms with Crippen LogP contribution in [-0.4, -0.2) is 0 Å². The Morgan fingerprint density at radius 1 is 0.500 bits per heavy atom. The first-order valence-electron chi connectivity index (χ1n) is 8.30. The molecule has 1 radical (unpaired) electrons. The van der Waals surface area contributed by atoms with Crippen LogP contribution in [0.15, 0.2) is 78.9 Å². The Morgan fingerprint density at radius 2 is 1.12 bits per heavy atom. The standard InChI is InChI=1S/C24H13/c1-3-11-18-16(9-1)17-10-2-4-12-19(17)24-21-14-6-8-15-7-5-13-20(22(15)21)23(18)24/h1-5,7-14H. The molecule has 0 heteroatoms. The van der Waals surface area contributed by atoms with Gasteiger partial charge in [-0.15, -0.1) is 0 Å². The summed E-state index contributed by atoms with van der Waals surface area (Å²) in [5.41, 5.74) is 5.42. The molecular formula is C24H13. The maximum Gasteiger partial charge on any atom is -0.00134 e. The van der Waals surface area contributed by atoms with Crippen molar-refractivity contribution in [1.29, 1.82) is 0 Å². The number of fused-ring (bicyclic) bond motifs is 8. The lowest BCUT2D eigenvalue weighted by molar-refractivity contribution is 1.75. The van der Waals surface area contributed by atoms with Gasteiger partial charge in [-0.25, -0.2) is 0 Å². The summed E-state index contributed by atoms with van der Waals surface area (Å²) in [7, 11) is 0. The second kappa shape index (κ2) is 4.24. The van der Waals surface area contributed by atoms with Crippen LogP contribution in [0, 0.1) is 6.07 Å². The molecule has 0 unspecified atom stereocenters. The van der Waals surface area contributed by atoms with Crippen molar-refractivity contribution in [2.24, 2.45) is 0 Å². The SMILES string of the molecule is [c]1cc2c3c(cccc3c1)-c1c-2c2ccccc2c2ccccc12. The summed E-state index contributed by atoms with van der Waals surface area (Å²) in [6, 6.07) is 31.8. The first-order chi connectivity index (χ1) is 11.9. The molecular weight excluding hydrogens is 288 g/mol. The van der Waals surface area contributed by atoms with Gasteiger partial charge in [-0.2, -0.15) is 0 Å². The zero-order chi connectivity index (χ0) is 15.7. The van der Waals surface area contributed by atoms with Gasteiger partial charge in [-0.05, 0) is 72.8 Å². The van der Waals surface area contributed by atoms with Gasteiger partial charge in [0.05, 0.1) is 0 Å². The van der Waals surface area contributed by atoms with Crippen molar-refractivity contribution in [2.45, 2.75) is 0 Å². The molecule has 0 amide bonds. The maximum atomic E-state index is 3.34. The Bertz CT molecular complexity index is 1190. The quantitative estimate of drug-likeness (QED) is 0.277. The lowest BCUT2D eigenvalue weighted by atomic mass is 9.90. The molecule has 24 heavy (non-hydrogen) atoms. The van der Waals surface area contributed by atoms with E-state index in [0.717, 1.165) is 0 Å². The van der Waals surface area contributed by atoms with Gasteiger partial charge in [0.1, 0.15) is 0 Å². The predicted octanol–water partition coefficient (Wildman–Crippen LogP) is 6.59. The lowest BCUT2D eigenvalue weighted by Crippen LogP contribution is -1.85. The maximum absolute atomic E-state index is 3.34. The summed E-state index contributed by atoms with van der Waals surface area (Å²) in [6.45, 7) is 0. The van der Waals surface area contributed by atoms with Gasteiger partial charge in [0.25, 0.3) is 0 Å². The summed E-state index contributed by atoms with van der Waals surface area (Å²) in [4.78, 5) is 0. The number of hydrogen-bond acceptors (Lipinski definition) is 0. The highest BCUT2D eigenvalue weighted by Crippen LogP contribution is 2.53. The Balaban J connectivity index is 2.00. The van der Waals surface area contributed by atoms with E-state index in [9.17, 15) is 0 Å². The Labute approximate surface area is 140 Å². The highest BCUT2D eigenvalue weighted by Gasteiger charge is 2.25. The molecule has 5 aromatic rings. The number of benzene rings is 5. The van der Waals surface area contributed by atoms with E-state index in [1.165, 1.54) is 54.6 Å². The fourth-order valence-electron chi connectivity index (χ4n) is 4.38. The molecule has 0 aliphatic heterocycles. The van der Waals surface area contributed by atoms with Crippen LogP contribution in [0.5, 0.6) is 0 Å². The third-order valence-electron chi connectivity index (χ3n) is 5.30. The Hall–Kier alpha value is -3.12. The molecule has 0 atom stereocenters. The van der Waals surface area contributed by atoms with E-state index < -0.39 is 0 Å². The molecule has 0 bridgehead atoms. The van der Waals surface area contributed by atoms with E-state index in [1.807, 2.05) is 0 Å². The number of rotatable bonds is 0. The molecule has 5 aromatic carbocycles. The zero-order valence-corrected chi connectivity index (χ0v) is 13.0. The van der Waals surface area contributed by atoms with Crippen molar-refractivity contribution in [3.63, 3.8) is 0 Å². The summed E-state index contributed by atoms with van der Waals surface area (Å²) in [5.74, 6) is 0. The fourth-order valence-corrected chi connectivity index (χ4v) is 4.38. The summed E-state index contributed by atoms with van der Waals surface area (Å²) >= 11 is 0. The molecule has 0 saturated heterocycles. The van der Waals surface area contributed by atoms with Crippen LogP contribution >= 0.6 is 0 Å². The van der Waals surface area contributed by atoms with Crippen LogP contribution in [0.2, 0.25) is 0 Å². The zero-order valence-electron chi connectivity index (χ0n) is 13.0. The van der Waals surface area contributed by atoms with Crippen LogP contribution in [0.3, 0.4) is 0 Å². The van der Waals surface area contributed by atoms with E-state index in [0.29, 0.717) is 0 Å². The summed E-state index contributed by atoms with van der Waals surface area (Å²) < 4.78 is 0. The molecule has 1 aliphatic carbocycles. The minimum Gasteiger partial charge on any atom is -0.0616 e. The van der Waals surface area contributed by atoms with Gasteiger partial charge in [-0.3, -0.25) is 0 Å². The minimum absolute atomic E-state index is 1.27. The van der Waals surface area contributed by atoms with Crippen molar-refractivity contribution in [3.8, 4) is 22.3 Å². The highest BCUT2D eigenvalue weighted by molar-refractivity contribution is 6.30. The van der Waals surface area contributed by atoms with Crippen LogP contribution in [-0.2, 0) is 0 Å². The first-order valence-corrected chi connectivity index (χ1v) is 8.30. The molecule has 0 fully saturated rings. The highest BCUT2D eigenvalue weighted by atomic mass is 14.3. The van der Waals surface area contributed by atoms with Crippen molar-refractivity contribution in [2.75, 3.05) is 0 Å². The molecule has 109 valence electrons. The van der Waals surface area contributed by atoms with Gasteiger partial charge in [-0.1, -0.05) is 66.7 Å². The van der Waals surface area contributed by atoms with Gasteiger partial charge in [0.15, 0.2) is 0 Å². The molecule has 0 heterocycles. The fraction of sp³-hybridized carbons (Fsp3) is 0. The Morgan fingerprint density at radius 3 is 1.83 bits per heavy atom. The molecule has 1 aliphatic rings. The monoisotopic (exact) mass is 301 g/mol. The van der Waals surface area contributed by atoms with E-state index in [2.05, 4.69) is 84.9 Å². The molecule has 0 N–H and O–H groups in total. The van der Waals surface area contributed by atoms with Crippen LogP contribution in [0.4, 0.5) is 0 Å². The third kappa shape index (κ3) is 1.35. The summed E-state index contributed by atoms with van der Waals surface area (Å²) in [5, 5.41) is 7.98. The second-order valence-electron chi connectivity index (χ2n) is 6.48. The lowest BCUT2D eigenvalue weighted by Gasteiger charge is -2.12. The van der Waals surface area contributed by atoms with Gasteiger partial charge in [0, 0.05) is 0 Å². The largest absolute Gasteiger partial charge is 0.0616 e. The van der Waals surface area contributed by atoms with E-state index in [1.54, 1.807) is 0 Å². The second-order valence-corrected chi connectivity index (χ2v) is 6.48. The molecule has 0 spiro atoms. The average molecular weight is 301 g/mol. The molecule has 0 aromatic heterocycles. The minimum atomic E-state index is 1.27. The van der Waals surface area contributed by atoms with Crippen LogP contribution in [0.1, 0.15) is 0 Å². The van der Waals surface area contributed by atoms with Gasteiger partial charge < -0.3 is 0 Å².